The molecule has 0 radical (unpaired) electrons. The van der Waals surface area contributed by atoms with E-state index < -0.39 is 16.8 Å². The van der Waals surface area contributed by atoms with Crippen molar-refractivity contribution < 1.29 is 9.72 Å². The number of nitrogens with zero attached hydrogens (tertiary/aromatic N) is 3. The van der Waals surface area contributed by atoms with Crippen LogP contribution in [0.2, 0.25) is 5.02 Å². The molecule has 1 atom stereocenters. The second-order valence-corrected chi connectivity index (χ2v) is 4.25. The molecule has 1 aromatic heterocycles. The molecule has 17 heavy (non-hydrogen) atoms. The number of rotatable bonds is 2. The summed E-state index contributed by atoms with van der Waals surface area (Å²) in [6.45, 7) is 0.631. The van der Waals surface area contributed by atoms with Crippen molar-refractivity contribution in [3.05, 3.63) is 21.3 Å². The number of halogens is 1. The summed E-state index contributed by atoms with van der Waals surface area (Å²) >= 11 is 5.69. The van der Waals surface area contributed by atoms with Gasteiger partial charge in [0.1, 0.15) is 0 Å². The van der Waals surface area contributed by atoms with Crippen molar-refractivity contribution in [2.75, 3.05) is 6.54 Å². The zero-order valence-electron chi connectivity index (χ0n) is 8.93. The normalized spacial score (nSPS) is 20.8. The Bertz CT molecular complexity index is 459. The Morgan fingerprint density at radius 1 is 1.59 bits per heavy atom. The van der Waals surface area contributed by atoms with Gasteiger partial charge in [0, 0.05) is 6.54 Å². The van der Waals surface area contributed by atoms with Crippen molar-refractivity contribution in [3.63, 3.8) is 0 Å². The third kappa shape index (κ3) is 2.38. The molecule has 0 spiro atoms. The van der Waals surface area contributed by atoms with Crippen LogP contribution < -0.4 is 5.32 Å². The largest absolute Gasteiger partial charge is 0.408 e. The average Bonchev–Trinajstić information content (AvgIpc) is 2.51. The summed E-state index contributed by atoms with van der Waals surface area (Å²) in [5, 5.41) is 17.1. The van der Waals surface area contributed by atoms with Crippen molar-refractivity contribution in [2.45, 2.75) is 25.3 Å². The Balaban J connectivity index is 2.29. The van der Waals surface area contributed by atoms with Gasteiger partial charge in [0.2, 0.25) is 5.91 Å². The van der Waals surface area contributed by atoms with Crippen molar-refractivity contribution in [3.8, 4) is 0 Å². The van der Waals surface area contributed by atoms with Crippen LogP contribution in [0.25, 0.3) is 0 Å². The predicted octanol–water partition coefficient (Wildman–Crippen LogP) is 1.29. The van der Waals surface area contributed by atoms with Crippen molar-refractivity contribution >= 4 is 23.3 Å². The zero-order chi connectivity index (χ0) is 12.4. The second-order valence-electron chi connectivity index (χ2n) is 3.84. The molecule has 1 unspecified atom stereocenters. The first-order valence-electron chi connectivity index (χ1n) is 5.26. The Morgan fingerprint density at radius 2 is 2.35 bits per heavy atom. The monoisotopic (exact) mass is 258 g/mol. The minimum Gasteiger partial charge on any atom is -0.358 e. The smallest absolute Gasteiger partial charge is 0.358 e. The molecule has 92 valence electrons. The molecular weight excluding hydrogens is 248 g/mol. The van der Waals surface area contributed by atoms with Crippen LogP contribution in [0.1, 0.15) is 25.3 Å². The van der Waals surface area contributed by atoms with E-state index in [0.29, 0.717) is 13.0 Å². The third-order valence-electron chi connectivity index (χ3n) is 2.67. The minimum atomic E-state index is -0.659. The summed E-state index contributed by atoms with van der Waals surface area (Å²) in [5.74, 6) is -0.583. The molecule has 2 rings (SSSR count). The molecule has 0 aliphatic carbocycles. The van der Waals surface area contributed by atoms with Gasteiger partial charge >= 0.3 is 5.82 Å². The van der Waals surface area contributed by atoms with E-state index in [1.165, 1.54) is 10.9 Å². The summed E-state index contributed by atoms with van der Waals surface area (Å²) in [4.78, 5) is 21.7. The number of amides is 1. The maximum Gasteiger partial charge on any atom is 0.408 e. The molecule has 1 saturated heterocycles. The molecule has 1 aromatic rings. The quantitative estimate of drug-likeness (QED) is 0.639. The van der Waals surface area contributed by atoms with Crippen molar-refractivity contribution in [1.82, 2.24) is 15.1 Å². The SMILES string of the molecule is O=C1NCCCCC1n1cc(Cl)c([N+](=O)[O-])n1. The van der Waals surface area contributed by atoms with E-state index >= 15 is 0 Å². The number of hydrogen-bond donors (Lipinski definition) is 1. The fourth-order valence-corrected chi connectivity index (χ4v) is 2.03. The van der Waals surface area contributed by atoms with Gasteiger partial charge < -0.3 is 15.4 Å². The number of carbonyl (C=O) groups excluding carboxylic acids is 1. The molecule has 2 heterocycles. The van der Waals surface area contributed by atoms with Crippen molar-refractivity contribution in [2.24, 2.45) is 0 Å². The van der Waals surface area contributed by atoms with E-state index in [1.807, 2.05) is 0 Å². The fourth-order valence-electron chi connectivity index (χ4n) is 1.82. The zero-order valence-corrected chi connectivity index (χ0v) is 9.68. The highest BCUT2D eigenvalue weighted by Crippen LogP contribution is 2.26. The first-order chi connectivity index (χ1) is 8.09. The van der Waals surface area contributed by atoms with Crippen LogP contribution in [0.15, 0.2) is 6.20 Å². The van der Waals surface area contributed by atoms with E-state index in [2.05, 4.69) is 10.4 Å². The van der Waals surface area contributed by atoms with E-state index in [9.17, 15) is 14.9 Å². The van der Waals surface area contributed by atoms with Gasteiger partial charge in [0.05, 0.1) is 11.3 Å². The molecule has 8 heteroatoms. The van der Waals surface area contributed by atoms with Gasteiger partial charge in [-0.1, -0.05) is 11.6 Å². The molecule has 1 fully saturated rings. The molecule has 7 nitrogen and oxygen atoms in total. The lowest BCUT2D eigenvalue weighted by Gasteiger charge is -2.09. The predicted molar refractivity (Wildman–Crippen MR) is 59.8 cm³/mol. The summed E-state index contributed by atoms with van der Waals surface area (Å²) in [6, 6.07) is -0.510. The molecule has 1 aliphatic rings. The van der Waals surface area contributed by atoms with Gasteiger partial charge in [-0.25, -0.2) is 0 Å². The first-order valence-corrected chi connectivity index (χ1v) is 5.64. The van der Waals surface area contributed by atoms with E-state index in [1.54, 1.807) is 0 Å². The molecular formula is C9H11ClN4O3. The lowest BCUT2D eigenvalue weighted by atomic mass is 10.1. The lowest BCUT2D eigenvalue weighted by Crippen LogP contribution is -2.31. The molecule has 0 bridgehead atoms. The number of aromatic nitrogens is 2. The highest BCUT2D eigenvalue weighted by atomic mass is 35.5. The first kappa shape index (κ1) is 11.8. The summed E-state index contributed by atoms with van der Waals surface area (Å²) < 4.78 is 1.28. The van der Waals surface area contributed by atoms with Gasteiger partial charge in [-0.2, -0.15) is 4.68 Å². The topological polar surface area (TPSA) is 90.1 Å². The van der Waals surface area contributed by atoms with Crippen molar-refractivity contribution in [1.29, 1.82) is 0 Å². The number of carbonyl (C=O) groups is 1. The van der Waals surface area contributed by atoms with Crippen LogP contribution in [-0.2, 0) is 4.79 Å². The molecule has 1 amide bonds. The lowest BCUT2D eigenvalue weighted by molar-refractivity contribution is -0.389. The Hall–Kier alpha value is -1.63. The maximum atomic E-state index is 11.7. The summed E-state index contributed by atoms with van der Waals surface area (Å²) in [6.07, 6.45) is 3.71. The van der Waals surface area contributed by atoms with E-state index in [4.69, 9.17) is 11.6 Å². The molecule has 0 aromatic carbocycles. The highest BCUT2D eigenvalue weighted by Gasteiger charge is 2.29. The molecule has 1 aliphatic heterocycles. The molecule has 1 N–H and O–H groups in total. The fraction of sp³-hybridized carbons (Fsp3) is 0.556. The van der Waals surface area contributed by atoms with Crippen LogP contribution in [0, 0.1) is 10.1 Å². The third-order valence-corrected chi connectivity index (χ3v) is 2.93. The number of nitrogens with one attached hydrogen (secondary N) is 1. The van der Waals surface area contributed by atoms with Crippen LogP contribution in [0.5, 0.6) is 0 Å². The van der Waals surface area contributed by atoms with Gasteiger partial charge in [-0.15, -0.1) is 0 Å². The standard InChI is InChI=1S/C9H11ClN4O3/c10-6-5-13(12-8(6)14(16)17)7-3-1-2-4-11-9(7)15/h5,7H,1-4H2,(H,11,15). The van der Waals surface area contributed by atoms with Crippen LogP contribution in [0.4, 0.5) is 5.82 Å². The Labute approximate surface area is 102 Å². The summed E-state index contributed by atoms with van der Waals surface area (Å²) in [5.41, 5.74) is 0. The van der Waals surface area contributed by atoms with E-state index in [-0.39, 0.29) is 10.9 Å². The van der Waals surface area contributed by atoms with Crippen LogP contribution in [0.3, 0.4) is 0 Å². The average molecular weight is 259 g/mol. The number of nitro groups is 1. The minimum absolute atomic E-state index is 0.0490. The van der Waals surface area contributed by atoms with Gasteiger partial charge in [-0.05, 0) is 24.2 Å². The van der Waals surface area contributed by atoms with Crippen LogP contribution in [-0.4, -0.2) is 27.2 Å². The number of hydrogen-bond acceptors (Lipinski definition) is 4. The van der Waals surface area contributed by atoms with E-state index in [0.717, 1.165) is 12.8 Å². The second kappa shape index (κ2) is 4.70. The highest BCUT2D eigenvalue weighted by molar-refractivity contribution is 6.32. The Morgan fingerprint density at radius 3 is 3.00 bits per heavy atom. The molecule has 0 saturated carbocycles. The van der Waals surface area contributed by atoms with Gasteiger partial charge in [-0.3, -0.25) is 4.79 Å². The van der Waals surface area contributed by atoms with Gasteiger partial charge in [0.15, 0.2) is 11.1 Å². The van der Waals surface area contributed by atoms with Gasteiger partial charge in [0.25, 0.3) is 0 Å². The maximum absolute atomic E-state index is 11.7. The van der Waals surface area contributed by atoms with Crippen LogP contribution >= 0.6 is 11.6 Å². The summed E-state index contributed by atoms with van der Waals surface area (Å²) in [7, 11) is 0. The Kier molecular flexibility index (Phi) is 3.28.